The lowest BCUT2D eigenvalue weighted by Gasteiger charge is -2.03. The van der Waals surface area contributed by atoms with Gasteiger partial charge in [0.2, 0.25) is 5.95 Å². The SMILES string of the molecule is Cn1c(NC(=O)c2cnn(-c3ccccc3)c2)nc2ccccc21. The summed E-state index contributed by atoms with van der Waals surface area (Å²) in [5.41, 5.74) is 3.19. The monoisotopic (exact) mass is 317 g/mol. The summed E-state index contributed by atoms with van der Waals surface area (Å²) < 4.78 is 3.53. The number of rotatable bonds is 3. The number of carbonyl (C=O) groups is 1. The smallest absolute Gasteiger partial charge is 0.261 e. The number of nitrogens with one attached hydrogen (secondary N) is 1. The maximum atomic E-state index is 12.5. The van der Waals surface area contributed by atoms with Gasteiger partial charge in [-0.3, -0.25) is 10.1 Å². The minimum atomic E-state index is -0.240. The van der Waals surface area contributed by atoms with E-state index in [0.29, 0.717) is 11.5 Å². The van der Waals surface area contributed by atoms with E-state index in [9.17, 15) is 4.79 Å². The summed E-state index contributed by atoms with van der Waals surface area (Å²) in [6.45, 7) is 0. The van der Waals surface area contributed by atoms with Crippen LogP contribution in [-0.2, 0) is 7.05 Å². The van der Waals surface area contributed by atoms with Crippen LogP contribution in [0.2, 0.25) is 0 Å². The van der Waals surface area contributed by atoms with Crippen LogP contribution in [-0.4, -0.2) is 25.2 Å². The zero-order valence-corrected chi connectivity index (χ0v) is 13.0. The molecule has 2 aromatic heterocycles. The van der Waals surface area contributed by atoms with Gasteiger partial charge in [-0.2, -0.15) is 5.10 Å². The number of carbonyl (C=O) groups excluding carboxylic acids is 1. The molecule has 6 heteroatoms. The van der Waals surface area contributed by atoms with Crippen molar-refractivity contribution in [3.05, 3.63) is 72.6 Å². The molecule has 2 aromatic carbocycles. The Labute approximate surface area is 138 Å². The summed E-state index contributed by atoms with van der Waals surface area (Å²) in [6.07, 6.45) is 3.25. The van der Waals surface area contributed by atoms with Crippen LogP contribution in [0.15, 0.2) is 67.0 Å². The highest BCUT2D eigenvalue weighted by molar-refractivity contribution is 6.03. The number of imidazole rings is 1. The number of hydrogen-bond acceptors (Lipinski definition) is 3. The molecule has 2 heterocycles. The summed E-state index contributed by atoms with van der Waals surface area (Å²) in [5.74, 6) is 0.268. The van der Waals surface area contributed by atoms with E-state index in [-0.39, 0.29) is 5.91 Å². The van der Waals surface area contributed by atoms with Crippen molar-refractivity contribution in [2.45, 2.75) is 0 Å². The van der Waals surface area contributed by atoms with Crippen LogP contribution in [0.25, 0.3) is 16.7 Å². The Morgan fingerprint density at radius 3 is 2.58 bits per heavy atom. The van der Waals surface area contributed by atoms with Gasteiger partial charge in [-0.25, -0.2) is 9.67 Å². The lowest BCUT2D eigenvalue weighted by Crippen LogP contribution is -2.14. The fraction of sp³-hybridized carbons (Fsp3) is 0.0556. The molecule has 0 saturated carbocycles. The first-order valence-corrected chi connectivity index (χ1v) is 7.55. The van der Waals surface area contributed by atoms with Gasteiger partial charge in [0, 0.05) is 13.2 Å². The first-order chi connectivity index (χ1) is 11.7. The minimum absolute atomic E-state index is 0.240. The van der Waals surface area contributed by atoms with Gasteiger partial charge in [0.25, 0.3) is 5.91 Å². The molecule has 1 N–H and O–H groups in total. The van der Waals surface area contributed by atoms with E-state index in [4.69, 9.17) is 0 Å². The van der Waals surface area contributed by atoms with E-state index in [2.05, 4.69) is 15.4 Å². The molecule has 0 unspecified atom stereocenters. The molecule has 0 aliphatic rings. The molecule has 0 fully saturated rings. The molecule has 4 aromatic rings. The maximum absolute atomic E-state index is 12.5. The molecule has 0 atom stereocenters. The summed E-state index contributed by atoms with van der Waals surface area (Å²) in [7, 11) is 1.87. The summed E-state index contributed by atoms with van der Waals surface area (Å²) in [4.78, 5) is 16.9. The second kappa shape index (κ2) is 5.66. The first kappa shape index (κ1) is 14.2. The Hall–Kier alpha value is -3.41. The Kier molecular flexibility index (Phi) is 3.35. The minimum Gasteiger partial charge on any atom is -0.313 e. The zero-order chi connectivity index (χ0) is 16.5. The molecular formula is C18H15N5O. The Morgan fingerprint density at radius 1 is 1.04 bits per heavy atom. The van der Waals surface area contributed by atoms with E-state index in [1.807, 2.05) is 66.2 Å². The van der Waals surface area contributed by atoms with Crippen molar-refractivity contribution in [2.24, 2.45) is 7.05 Å². The van der Waals surface area contributed by atoms with Crippen LogP contribution in [0.5, 0.6) is 0 Å². The largest absolute Gasteiger partial charge is 0.313 e. The number of para-hydroxylation sites is 3. The number of amides is 1. The molecular weight excluding hydrogens is 302 g/mol. The fourth-order valence-corrected chi connectivity index (χ4v) is 2.59. The van der Waals surface area contributed by atoms with Gasteiger partial charge in [0.15, 0.2) is 0 Å². The number of anilines is 1. The number of fused-ring (bicyclic) bond motifs is 1. The molecule has 0 spiro atoms. The topological polar surface area (TPSA) is 64.7 Å². The van der Waals surface area contributed by atoms with E-state index >= 15 is 0 Å². The molecule has 0 radical (unpaired) electrons. The maximum Gasteiger partial charge on any atom is 0.261 e. The van der Waals surface area contributed by atoms with Gasteiger partial charge >= 0.3 is 0 Å². The standard InChI is InChI=1S/C18H15N5O/c1-22-16-10-6-5-9-15(16)20-18(22)21-17(24)13-11-19-23(12-13)14-7-3-2-4-8-14/h2-12H,1H3,(H,20,21,24). The van der Waals surface area contributed by atoms with Crippen molar-refractivity contribution in [3.8, 4) is 5.69 Å². The van der Waals surface area contributed by atoms with Crippen molar-refractivity contribution < 1.29 is 4.79 Å². The molecule has 24 heavy (non-hydrogen) atoms. The average Bonchev–Trinajstić information content (AvgIpc) is 3.22. The van der Waals surface area contributed by atoms with Crippen LogP contribution >= 0.6 is 0 Å². The summed E-state index contributed by atoms with van der Waals surface area (Å²) in [5, 5.41) is 7.08. The number of benzene rings is 2. The van der Waals surface area contributed by atoms with E-state index in [1.165, 1.54) is 0 Å². The number of nitrogens with zero attached hydrogens (tertiary/aromatic N) is 4. The fourth-order valence-electron chi connectivity index (χ4n) is 2.59. The Bertz CT molecular complexity index is 1020. The lowest BCUT2D eigenvalue weighted by atomic mass is 10.3. The second-order valence-corrected chi connectivity index (χ2v) is 5.45. The zero-order valence-electron chi connectivity index (χ0n) is 13.0. The van der Waals surface area contributed by atoms with Crippen LogP contribution < -0.4 is 5.32 Å². The molecule has 0 aliphatic carbocycles. The molecule has 6 nitrogen and oxygen atoms in total. The normalized spacial score (nSPS) is 10.9. The van der Waals surface area contributed by atoms with Crippen molar-refractivity contribution in [3.63, 3.8) is 0 Å². The molecule has 0 saturated heterocycles. The van der Waals surface area contributed by atoms with Crippen molar-refractivity contribution in [2.75, 3.05) is 5.32 Å². The molecule has 118 valence electrons. The quantitative estimate of drug-likeness (QED) is 0.632. The van der Waals surface area contributed by atoms with Crippen LogP contribution in [0.3, 0.4) is 0 Å². The number of aromatic nitrogens is 4. The van der Waals surface area contributed by atoms with Crippen molar-refractivity contribution in [1.29, 1.82) is 0 Å². The van der Waals surface area contributed by atoms with Crippen LogP contribution in [0.1, 0.15) is 10.4 Å². The second-order valence-electron chi connectivity index (χ2n) is 5.45. The lowest BCUT2D eigenvalue weighted by molar-refractivity contribution is 0.102. The van der Waals surface area contributed by atoms with Gasteiger partial charge in [-0.15, -0.1) is 0 Å². The van der Waals surface area contributed by atoms with Gasteiger partial charge in [0.1, 0.15) is 0 Å². The highest BCUT2D eigenvalue weighted by atomic mass is 16.1. The van der Waals surface area contributed by atoms with Gasteiger partial charge in [-0.05, 0) is 24.3 Å². The predicted octanol–water partition coefficient (Wildman–Crippen LogP) is 3.01. The molecule has 0 aliphatic heterocycles. The molecule has 4 rings (SSSR count). The molecule has 0 bridgehead atoms. The van der Waals surface area contributed by atoms with E-state index in [1.54, 1.807) is 17.1 Å². The van der Waals surface area contributed by atoms with E-state index < -0.39 is 0 Å². The number of hydrogen-bond donors (Lipinski definition) is 1. The third-order valence-electron chi connectivity index (χ3n) is 3.88. The van der Waals surface area contributed by atoms with Gasteiger partial charge in [-0.1, -0.05) is 30.3 Å². The predicted molar refractivity (Wildman–Crippen MR) is 92.2 cm³/mol. The van der Waals surface area contributed by atoms with Crippen molar-refractivity contribution in [1.82, 2.24) is 19.3 Å². The molecule has 1 amide bonds. The van der Waals surface area contributed by atoms with Crippen molar-refractivity contribution >= 4 is 22.9 Å². The Morgan fingerprint density at radius 2 is 1.79 bits per heavy atom. The average molecular weight is 317 g/mol. The number of aryl methyl sites for hydroxylation is 1. The third kappa shape index (κ3) is 2.44. The summed E-state index contributed by atoms with van der Waals surface area (Å²) in [6, 6.07) is 17.4. The van der Waals surface area contributed by atoms with Crippen LogP contribution in [0, 0.1) is 0 Å². The highest BCUT2D eigenvalue weighted by Gasteiger charge is 2.14. The van der Waals surface area contributed by atoms with E-state index in [0.717, 1.165) is 16.7 Å². The third-order valence-corrected chi connectivity index (χ3v) is 3.88. The van der Waals surface area contributed by atoms with Crippen LogP contribution in [0.4, 0.5) is 5.95 Å². The first-order valence-electron chi connectivity index (χ1n) is 7.55. The summed E-state index contributed by atoms with van der Waals surface area (Å²) >= 11 is 0. The van der Waals surface area contributed by atoms with Gasteiger partial charge in [0.05, 0.1) is 28.5 Å². The van der Waals surface area contributed by atoms with Gasteiger partial charge < -0.3 is 4.57 Å². The highest BCUT2D eigenvalue weighted by Crippen LogP contribution is 2.18. The Balaban J connectivity index is 1.60.